The number of nitrogens with one attached hydrogen (secondary N) is 2. The van der Waals surface area contributed by atoms with Crippen LogP contribution in [0.15, 0.2) is 35.3 Å². The molecule has 1 aromatic rings. The molecule has 150 valence electrons. The molecule has 1 heterocycles. The lowest BCUT2D eigenvalue weighted by atomic mass is 10.0. The highest BCUT2D eigenvalue weighted by atomic mass is 127. The maximum atomic E-state index is 12.1. The third-order valence-electron chi connectivity index (χ3n) is 4.65. The van der Waals surface area contributed by atoms with Crippen LogP contribution in [0.25, 0.3) is 0 Å². The van der Waals surface area contributed by atoms with E-state index in [0.717, 1.165) is 5.69 Å². The van der Waals surface area contributed by atoms with E-state index in [-0.39, 0.29) is 42.3 Å². The van der Waals surface area contributed by atoms with Crippen molar-refractivity contribution in [1.82, 2.24) is 15.1 Å². The molecule has 0 aliphatic carbocycles. The van der Waals surface area contributed by atoms with E-state index in [2.05, 4.69) is 25.4 Å². The SMILES string of the molecule is CN=C(NCC(=O)Nc1ccccc1)N1CCN(C(C)(C)C(N)=O)CC1.I. The molecule has 27 heavy (non-hydrogen) atoms. The van der Waals surface area contributed by atoms with Crippen LogP contribution in [-0.4, -0.2) is 72.9 Å². The molecule has 0 aromatic heterocycles. The Labute approximate surface area is 177 Å². The zero-order valence-corrected chi connectivity index (χ0v) is 18.4. The van der Waals surface area contributed by atoms with Crippen molar-refractivity contribution in [2.75, 3.05) is 45.1 Å². The van der Waals surface area contributed by atoms with Gasteiger partial charge in [-0.2, -0.15) is 0 Å². The monoisotopic (exact) mass is 488 g/mol. The lowest BCUT2D eigenvalue weighted by Crippen LogP contribution is -2.61. The van der Waals surface area contributed by atoms with Crippen molar-refractivity contribution in [2.45, 2.75) is 19.4 Å². The van der Waals surface area contributed by atoms with Gasteiger partial charge in [-0.05, 0) is 26.0 Å². The fourth-order valence-electron chi connectivity index (χ4n) is 2.85. The summed E-state index contributed by atoms with van der Waals surface area (Å²) in [5, 5.41) is 5.92. The molecule has 1 fully saturated rings. The highest BCUT2D eigenvalue weighted by Crippen LogP contribution is 2.16. The van der Waals surface area contributed by atoms with Gasteiger partial charge in [0.05, 0.1) is 12.1 Å². The summed E-state index contributed by atoms with van der Waals surface area (Å²) < 4.78 is 0. The van der Waals surface area contributed by atoms with Gasteiger partial charge >= 0.3 is 0 Å². The number of guanidine groups is 1. The van der Waals surface area contributed by atoms with Gasteiger partial charge in [-0.25, -0.2) is 0 Å². The summed E-state index contributed by atoms with van der Waals surface area (Å²) in [5.41, 5.74) is 5.58. The Balaban J connectivity index is 0.00000364. The first kappa shape index (κ1) is 23.2. The molecule has 2 amide bonds. The number of carbonyl (C=O) groups excluding carboxylic acids is 2. The summed E-state index contributed by atoms with van der Waals surface area (Å²) in [6.07, 6.45) is 0. The number of anilines is 1. The van der Waals surface area contributed by atoms with Gasteiger partial charge in [0.15, 0.2) is 5.96 Å². The van der Waals surface area contributed by atoms with Gasteiger partial charge in [0.2, 0.25) is 11.8 Å². The van der Waals surface area contributed by atoms with E-state index in [1.54, 1.807) is 7.05 Å². The quantitative estimate of drug-likeness (QED) is 0.322. The van der Waals surface area contributed by atoms with Crippen LogP contribution in [-0.2, 0) is 9.59 Å². The standard InChI is InChI=1S/C18H28N6O2.HI/c1-18(2,16(19)26)24-11-9-23(10-12-24)17(20-3)21-13-15(25)22-14-7-5-4-6-8-14;/h4-8H,9-13H2,1-3H3,(H2,19,26)(H,20,21)(H,22,25);1H. The molecule has 0 atom stereocenters. The number of nitrogens with two attached hydrogens (primary N) is 1. The van der Waals surface area contributed by atoms with Crippen LogP contribution < -0.4 is 16.4 Å². The number of carbonyl (C=O) groups is 2. The minimum Gasteiger partial charge on any atom is -0.368 e. The topological polar surface area (TPSA) is 103 Å². The van der Waals surface area contributed by atoms with Crippen molar-refractivity contribution in [3.8, 4) is 0 Å². The summed E-state index contributed by atoms with van der Waals surface area (Å²) in [5.74, 6) is 0.210. The van der Waals surface area contributed by atoms with Crippen molar-refractivity contribution in [3.63, 3.8) is 0 Å². The molecular weight excluding hydrogens is 459 g/mol. The molecule has 9 heteroatoms. The Morgan fingerprint density at radius 3 is 2.26 bits per heavy atom. The Bertz CT molecular complexity index is 657. The Morgan fingerprint density at radius 2 is 1.74 bits per heavy atom. The van der Waals surface area contributed by atoms with Crippen LogP contribution in [0.3, 0.4) is 0 Å². The third kappa shape index (κ3) is 6.35. The number of piperazine rings is 1. The predicted octanol–water partition coefficient (Wildman–Crippen LogP) is 0.700. The first-order chi connectivity index (χ1) is 12.3. The predicted molar refractivity (Wildman–Crippen MR) is 118 cm³/mol. The van der Waals surface area contributed by atoms with Crippen LogP contribution in [0.2, 0.25) is 0 Å². The Kier molecular flexibility index (Phi) is 8.97. The number of aliphatic imine (C=N–C) groups is 1. The van der Waals surface area contributed by atoms with Gasteiger partial charge in [-0.1, -0.05) is 18.2 Å². The molecular formula is C18H29IN6O2. The van der Waals surface area contributed by atoms with Crippen molar-refractivity contribution in [3.05, 3.63) is 30.3 Å². The van der Waals surface area contributed by atoms with Crippen molar-refractivity contribution in [1.29, 1.82) is 0 Å². The number of halogens is 1. The largest absolute Gasteiger partial charge is 0.368 e. The van der Waals surface area contributed by atoms with Gasteiger partial charge in [-0.15, -0.1) is 24.0 Å². The average molecular weight is 488 g/mol. The normalized spacial score (nSPS) is 15.7. The molecule has 0 spiro atoms. The molecule has 0 saturated carbocycles. The summed E-state index contributed by atoms with van der Waals surface area (Å²) in [6.45, 7) is 6.62. The van der Waals surface area contributed by atoms with E-state index < -0.39 is 5.54 Å². The molecule has 4 N–H and O–H groups in total. The summed E-state index contributed by atoms with van der Waals surface area (Å²) in [4.78, 5) is 32.1. The number of primary amides is 1. The van der Waals surface area contributed by atoms with E-state index in [4.69, 9.17) is 5.73 Å². The van der Waals surface area contributed by atoms with E-state index >= 15 is 0 Å². The van der Waals surface area contributed by atoms with Crippen LogP contribution in [0.5, 0.6) is 0 Å². The molecule has 0 unspecified atom stereocenters. The molecule has 8 nitrogen and oxygen atoms in total. The first-order valence-corrected chi connectivity index (χ1v) is 8.70. The zero-order chi connectivity index (χ0) is 19.2. The fraction of sp³-hybridized carbons (Fsp3) is 0.500. The number of hydrogen-bond acceptors (Lipinski definition) is 4. The maximum Gasteiger partial charge on any atom is 0.243 e. The smallest absolute Gasteiger partial charge is 0.243 e. The number of benzene rings is 1. The number of hydrogen-bond donors (Lipinski definition) is 3. The minimum atomic E-state index is -0.668. The molecule has 2 rings (SSSR count). The number of amides is 2. The number of para-hydroxylation sites is 1. The van der Waals surface area contributed by atoms with Crippen LogP contribution in [0, 0.1) is 0 Å². The van der Waals surface area contributed by atoms with Gasteiger partial charge in [0.1, 0.15) is 0 Å². The molecule has 1 aliphatic rings. The second kappa shape index (κ2) is 10.5. The van der Waals surface area contributed by atoms with Gasteiger partial charge < -0.3 is 21.3 Å². The van der Waals surface area contributed by atoms with E-state index in [1.165, 1.54) is 0 Å². The van der Waals surface area contributed by atoms with Gasteiger partial charge in [-0.3, -0.25) is 19.5 Å². The zero-order valence-electron chi connectivity index (χ0n) is 16.1. The van der Waals surface area contributed by atoms with E-state index in [1.807, 2.05) is 44.2 Å². The third-order valence-corrected chi connectivity index (χ3v) is 4.65. The highest BCUT2D eigenvalue weighted by Gasteiger charge is 2.35. The van der Waals surface area contributed by atoms with Crippen LogP contribution in [0.1, 0.15) is 13.8 Å². The van der Waals surface area contributed by atoms with E-state index in [9.17, 15) is 9.59 Å². The molecule has 0 radical (unpaired) electrons. The lowest BCUT2D eigenvalue weighted by molar-refractivity contribution is -0.129. The minimum absolute atomic E-state index is 0. The second-order valence-electron chi connectivity index (χ2n) is 6.71. The highest BCUT2D eigenvalue weighted by molar-refractivity contribution is 14.0. The molecule has 1 saturated heterocycles. The summed E-state index contributed by atoms with van der Waals surface area (Å²) in [7, 11) is 1.69. The van der Waals surface area contributed by atoms with Crippen molar-refractivity contribution in [2.24, 2.45) is 10.7 Å². The van der Waals surface area contributed by atoms with E-state index in [0.29, 0.717) is 32.1 Å². The maximum absolute atomic E-state index is 12.1. The first-order valence-electron chi connectivity index (χ1n) is 8.70. The summed E-state index contributed by atoms with van der Waals surface area (Å²) in [6, 6.07) is 9.32. The second-order valence-corrected chi connectivity index (χ2v) is 6.71. The van der Waals surface area contributed by atoms with Crippen molar-refractivity contribution >= 4 is 47.4 Å². The average Bonchev–Trinajstić information content (AvgIpc) is 2.63. The number of rotatable bonds is 5. The Hall–Kier alpha value is -1.88. The number of nitrogens with zero attached hydrogens (tertiary/aromatic N) is 3. The molecule has 1 aromatic carbocycles. The molecule has 0 bridgehead atoms. The van der Waals surface area contributed by atoms with Crippen molar-refractivity contribution < 1.29 is 9.59 Å². The fourth-order valence-corrected chi connectivity index (χ4v) is 2.85. The summed E-state index contributed by atoms with van der Waals surface area (Å²) >= 11 is 0. The molecule has 1 aliphatic heterocycles. The lowest BCUT2D eigenvalue weighted by Gasteiger charge is -2.43. The van der Waals surface area contributed by atoms with Gasteiger partial charge in [0, 0.05) is 38.9 Å². The van der Waals surface area contributed by atoms with Crippen LogP contribution >= 0.6 is 24.0 Å². The van der Waals surface area contributed by atoms with Crippen LogP contribution in [0.4, 0.5) is 5.69 Å². The van der Waals surface area contributed by atoms with Gasteiger partial charge in [0.25, 0.3) is 0 Å². The Morgan fingerprint density at radius 1 is 1.15 bits per heavy atom.